The molecule has 4 aromatic rings. The number of benzene rings is 2. The van der Waals surface area contributed by atoms with Gasteiger partial charge in [0.1, 0.15) is 11.4 Å². The summed E-state index contributed by atoms with van der Waals surface area (Å²) < 4.78 is 1.81. The summed E-state index contributed by atoms with van der Waals surface area (Å²) >= 11 is 1.53. The fourth-order valence-corrected chi connectivity index (χ4v) is 4.85. The second-order valence-electron chi connectivity index (χ2n) is 6.83. The highest BCUT2D eigenvalue weighted by atomic mass is 32.2. The third-order valence-corrected chi connectivity index (χ3v) is 6.35. The predicted molar refractivity (Wildman–Crippen MR) is 110 cm³/mol. The van der Waals surface area contributed by atoms with E-state index in [1.54, 1.807) is 12.5 Å². The SMILES string of the molecule is O=C1c2ccccc2CCCC1Sc1ncnc2c1cnn2-c1ccccc1. The maximum atomic E-state index is 13.1. The van der Waals surface area contributed by atoms with Crippen LogP contribution in [0.1, 0.15) is 28.8 Å². The molecule has 0 spiro atoms. The average molecular weight is 386 g/mol. The van der Waals surface area contributed by atoms with Crippen molar-refractivity contribution < 1.29 is 4.79 Å². The van der Waals surface area contributed by atoms with Gasteiger partial charge in [0.25, 0.3) is 0 Å². The number of thioether (sulfide) groups is 1. The van der Waals surface area contributed by atoms with Crippen molar-refractivity contribution >= 4 is 28.6 Å². The lowest BCUT2D eigenvalue weighted by Crippen LogP contribution is -2.16. The first-order valence-corrected chi connectivity index (χ1v) is 10.2. The molecular weight excluding hydrogens is 368 g/mol. The molecule has 5 nitrogen and oxygen atoms in total. The Bertz CT molecular complexity index is 1160. The van der Waals surface area contributed by atoms with Gasteiger partial charge >= 0.3 is 0 Å². The maximum Gasteiger partial charge on any atom is 0.176 e. The van der Waals surface area contributed by atoms with Crippen LogP contribution in [0.25, 0.3) is 16.7 Å². The fourth-order valence-electron chi connectivity index (χ4n) is 3.68. The molecule has 2 heterocycles. The normalized spacial score (nSPS) is 16.7. The third-order valence-electron chi connectivity index (χ3n) is 5.07. The Morgan fingerprint density at radius 2 is 1.82 bits per heavy atom. The van der Waals surface area contributed by atoms with Crippen molar-refractivity contribution in [3.05, 3.63) is 78.2 Å². The molecule has 28 heavy (non-hydrogen) atoms. The highest BCUT2D eigenvalue weighted by molar-refractivity contribution is 8.00. The van der Waals surface area contributed by atoms with Crippen LogP contribution >= 0.6 is 11.8 Å². The van der Waals surface area contributed by atoms with Gasteiger partial charge in [-0.15, -0.1) is 0 Å². The van der Waals surface area contributed by atoms with Crippen molar-refractivity contribution in [3.8, 4) is 5.69 Å². The minimum atomic E-state index is -0.137. The third kappa shape index (κ3) is 2.99. The largest absolute Gasteiger partial charge is 0.293 e. The van der Waals surface area contributed by atoms with Gasteiger partial charge < -0.3 is 0 Å². The number of carbonyl (C=O) groups excluding carboxylic acids is 1. The molecule has 1 unspecified atom stereocenters. The predicted octanol–water partition coefficient (Wildman–Crippen LogP) is 4.50. The smallest absolute Gasteiger partial charge is 0.176 e. The molecule has 138 valence electrons. The molecule has 0 radical (unpaired) electrons. The van der Waals surface area contributed by atoms with Crippen LogP contribution in [0, 0.1) is 0 Å². The van der Waals surface area contributed by atoms with Crippen LogP contribution in [0.4, 0.5) is 0 Å². The zero-order valence-electron chi connectivity index (χ0n) is 15.2. The lowest BCUT2D eigenvalue weighted by molar-refractivity contribution is 0.0988. The van der Waals surface area contributed by atoms with Gasteiger partial charge in [-0.05, 0) is 37.0 Å². The van der Waals surface area contributed by atoms with Crippen LogP contribution in [-0.4, -0.2) is 30.8 Å². The number of fused-ring (bicyclic) bond motifs is 2. The van der Waals surface area contributed by atoms with Gasteiger partial charge in [-0.1, -0.05) is 54.2 Å². The van der Waals surface area contributed by atoms with Crippen LogP contribution in [0.2, 0.25) is 0 Å². The van der Waals surface area contributed by atoms with E-state index in [0.717, 1.165) is 52.1 Å². The Labute approximate surface area is 166 Å². The number of rotatable bonds is 3. The molecule has 5 rings (SSSR count). The number of aromatic nitrogens is 4. The molecule has 1 aliphatic carbocycles. The van der Waals surface area contributed by atoms with E-state index >= 15 is 0 Å². The van der Waals surface area contributed by atoms with E-state index in [9.17, 15) is 4.79 Å². The lowest BCUT2D eigenvalue weighted by Gasteiger charge is -2.13. The minimum absolute atomic E-state index is 0.137. The van der Waals surface area contributed by atoms with Crippen molar-refractivity contribution in [2.24, 2.45) is 0 Å². The summed E-state index contributed by atoms with van der Waals surface area (Å²) in [6.07, 6.45) is 6.14. The van der Waals surface area contributed by atoms with Crippen molar-refractivity contribution in [1.29, 1.82) is 0 Å². The monoisotopic (exact) mass is 386 g/mol. The summed E-state index contributed by atoms with van der Waals surface area (Å²) in [5, 5.41) is 6.06. The van der Waals surface area contributed by atoms with E-state index in [0.29, 0.717) is 0 Å². The lowest BCUT2D eigenvalue weighted by atomic mass is 10.0. The summed E-state index contributed by atoms with van der Waals surface area (Å²) in [6.45, 7) is 0. The Balaban J connectivity index is 1.51. The molecular formula is C22H18N4OS. The number of hydrogen-bond donors (Lipinski definition) is 0. The molecule has 2 aromatic carbocycles. The number of nitrogens with zero attached hydrogens (tertiary/aromatic N) is 4. The average Bonchev–Trinajstić information content (AvgIpc) is 3.12. The molecule has 0 saturated carbocycles. The van der Waals surface area contributed by atoms with Gasteiger partial charge in [-0.2, -0.15) is 5.10 Å². The van der Waals surface area contributed by atoms with Crippen LogP contribution in [0.3, 0.4) is 0 Å². The Morgan fingerprint density at radius 1 is 1.00 bits per heavy atom. The Morgan fingerprint density at radius 3 is 2.71 bits per heavy atom. The number of carbonyl (C=O) groups is 1. The molecule has 6 heteroatoms. The summed E-state index contributed by atoms with van der Waals surface area (Å²) in [5.74, 6) is 0.195. The number of hydrogen-bond acceptors (Lipinski definition) is 5. The van der Waals surface area contributed by atoms with Crippen LogP contribution < -0.4 is 0 Å². The maximum absolute atomic E-state index is 13.1. The zero-order chi connectivity index (χ0) is 18.9. The van der Waals surface area contributed by atoms with Gasteiger partial charge in [0.15, 0.2) is 11.4 Å². The van der Waals surface area contributed by atoms with E-state index in [2.05, 4.69) is 21.1 Å². The molecule has 1 aliphatic rings. The first-order valence-electron chi connectivity index (χ1n) is 9.34. The summed E-state index contributed by atoms with van der Waals surface area (Å²) in [4.78, 5) is 22.0. The summed E-state index contributed by atoms with van der Waals surface area (Å²) in [6, 6.07) is 17.9. The first-order chi connectivity index (χ1) is 13.8. The second kappa shape index (κ2) is 7.20. The first kappa shape index (κ1) is 17.1. The van der Waals surface area contributed by atoms with Gasteiger partial charge in [0, 0.05) is 5.56 Å². The number of para-hydroxylation sites is 1. The van der Waals surface area contributed by atoms with Crippen molar-refractivity contribution in [3.63, 3.8) is 0 Å². The van der Waals surface area contributed by atoms with Crippen LogP contribution in [-0.2, 0) is 6.42 Å². The molecule has 0 amide bonds. The van der Waals surface area contributed by atoms with Crippen LogP contribution in [0.5, 0.6) is 0 Å². The molecule has 0 saturated heterocycles. The van der Waals surface area contributed by atoms with Gasteiger partial charge in [0.2, 0.25) is 0 Å². The molecule has 0 N–H and O–H groups in total. The highest BCUT2D eigenvalue weighted by Crippen LogP contribution is 2.35. The second-order valence-corrected chi connectivity index (χ2v) is 8.02. The Kier molecular flexibility index (Phi) is 4.41. The van der Waals surface area contributed by atoms with E-state index in [1.807, 2.05) is 53.2 Å². The quantitative estimate of drug-likeness (QED) is 0.383. The molecule has 0 fully saturated rings. The summed E-state index contributed by atoms with van der Waals surface area (Å²) in [7, 11) is 0. The number of ketones is 1. The minimum Gasteiger partial charge on any atom is -0.293 e. The van der Waals surface area contributed by atoms with Gasteiger partial charge in [-0.3, -0.25) is 4.79 Å². The van der Waals surface area contributed by atoms with Crippen molar-refractivity contribution in [2.45, 2.75) is 29.5 Å². The van der Waals surface area contributed by atoms with Crippen molar-refractivity contribution in [2.75, 3.05) is 0 Å². The topological polar surface area (TPSA) is 60.7 Å². The van der Waals surface area contributed by atoms with E-state index in [4.69, 9.17) is 0 Å². The van der Waals surface area contributed by atoms with Crippen LogP contribution in [0.15, 0.2) is 72.1 Å². The van der Waals surface area contributed by atoms with Gasteiger partial charge in [-0.25, -0.2) is 14.6 Å². The number of Topliss-reactive ketones (excluding diaryl/α,β-unsaturated/α-hetero) is 1. The summed E-state index contributed by atoms with van der Waals surface area (Å²) in [5.41, 5.74) is 3.71. The highest BCUT2D eigenvalue weighted by Gasteiger charge is 2.27. The fraction of sp³-hybridized carbons (Fsp3) is 0.182. The Hall–Kier alpha value is -2.99. The molecule has 0 bridgehead atoms. The van der Waals surface area contributed by atoms with Gasteiger partial charge in [0.05, 0.1) is 22.5 Å². The van der Waals surface area contributed by atoms with Crippen molar-refractivity contribution in [1.82, 2.24) is 19.7 Å². The molecule has 1 atom stereocenters. The standard InChI is InChI=1S/C22H18N4OS/c27-20-17-11-5-4-7-15(17)8-6-12-19(20)28-22-18-13-25-26(21(18)23-14-24-22)16-9-2-1-3-10-16/h1-5,7,9-11,13-14,19H,6,8,12H2. The zero-order valence-corrected chi connectivity index (χ0v) is 16.0. The molecule has 2 aromatic heterocycles. The van der Waals surface area contributed by atoms with E-state index in [1.165, 1.54) is 11.8 Å². The molecule has 0 aliphatic heterocycles. The van der Waals surface area contributed by atoms with E-state index < -0.39 is 0 Å². The van der Waals surface area contributed by atoms with E-state index in [-0.39, 0.29) is 11.0 Å². The number of aryl methyl sites for hydroxylation is 1.